The third-order valence-electron chi connectivity index (χ3n) is 2.59. The van der Waals surface area contributed by atoms with E-state index in [2.05, 4.69) is 22.6 Å². The van der Waals surface area contributed by atoms with Crippen molar-refractivity contribution in [3.05, 3.63) is 33.4 Å². The normalized spacial score (nSPS) is 15.7. The Morgan fingerprint density at radius 2 is 2.06 bits per heavy atom. The zero-order valence-corrected chi connectivity index (χ0v) is 10.5. The summed E-state index contributed by atoms with van der Waals surface area (Å²) in [6, 6.07) is 7.28. The van der Waals surface area contributed by atoms with Crippen molar-refractivity contribution >= 4 is 34.5 Å². The maximum absolute atomic E-state index is 11.9. The van der Waals surface area contributed by atoms with E-state index in [0.29, 0.717) is 18.7 Å². The van der Waals surface area contributed by atoms with Crippen molar-refractivity contribution in [1.29, 1.82) is 0 Å². The number of aliphatic carboxylic acids is 1. The minimum Gasteiger partial charge on any atom is -0.481 e. The number of hydrogen-bond acceptors (Lipinski definition) is 2. The Balaban J connectivity index is 2.03. The molecule has 1 aliphatic rings. The number of hydrogen-bond donors (Lipinski definition) is 1. The number of halogens is 1. The number of carboxylic acids is 1. The van der Waals surface area contributed by atoms with Gasteiger partial charge in [-0.25, -0.2) is 0 Å². The zero-order valence-electron chi connectivity index (χ0n) is 8.39. The van der Waals surface area contributed by atoms with Crippen LogP contribution in [-0.4, -0.2) is 35.0 Å². The van der Waals surface area contributed by atoms with Gasteiger partial charge in [-0.05, 0) is 40.8 Å². The minimum atomic E-state index is -0.827. The average Bonchev–Trinajstić information content (AvgIpc) is 2.14. The summed E-state index contributed by atoms with van der Waals surface area (Å²) in [4.78, 5) is 24.0. The van der Waals surface area contributed by atoms with Crippen LogP contribution in [0.4, 0.5) is 0 Å². The molecule has 2 rings (SSSR count). The third kappa shape index (κ3) is 2.18. The van der Waals surface area contributed by atoms with Crippen molar-refractivity contribution in [1.82, 2.24) is 4.90 Å². The van der Waals surface area contributed by atoms with Gasteiger partial charge in [0.1, 0.15) is 0 Å². The lowest BCUT2D eigenvalue weighted by atomic mass is 9.99. The first-order valence-electron chi connectivity index (χ1n) is 4.85. The predicted octanol–water partition coefficient (Wildman–Crippen LogP) is 1.45. The summed E-state index contributed by atoms with van der Waals surface area (Å²) in [5.41, 5.74) is 0.621. The number of benzene rings is 1. The fraction of sp³-hybridized carbons (Fsp3) is 0.273. The predicted molar refractivity (Wildman–Crippen MR) is 66.2 cm³/mol. The van der Waals surface area contributed by atoms with Gasteiger partial charge in [0.15, 0.2) is 0 Å². The second-order valence-corrected chi connectivity index (χ2v) is 5.00. The van der Waals surface area contributed by atoms with E-state index >= 15 is 0 Å². The number of rotatable bonds is 2. The van der Waals surface area contributed by atoms with Crippen LogP contribution in [0.25, 0.3) is 0 Å². The van der Waals surface area contributed by atoms with E-state index in [1.165, 1.54) is 0 Å². The van der Waals surface area contributed by atoms with Crippen LogP contribution in [0.2, 0.25) is 0 Å². The molecule has 0 radical (unpaired) electrons. The fourth-order valence-corrected chi connectivity index (χ4v) is 2.15. The molecule has 0 atom stereocenters. The number of amides is 1. The highest BCUT2D eigenvalue weighted by atomic mass is 127. The number of likely N-dealkylation sites (tertiary alicyclic amines) is 1. The molecule has 0 aromatic heterocycles. The van der Waals surface area contributed by atoms with Gasteiger partial charge in [-0.3, -0.25) is 9.59 Å². The maximum atomic E-state index is 11.9. The van der Waals surface area contributed by atoms with Crippen LogP contribution in [0.3, 0.4) is 0 Å². The van der Waals surface area contributed by atoms with Crippen LogP contribution < -0.4 is 0 Å². The lowest BCUT2D eigenvalue weighted by molar-refractivity contribution is -0.146. The maximum Gasteiger partial charge on any atom is 0.310 e. The Hall–Kier alpha value is -1.11. The molecular formula is C11H10INO3. The Morgan fingerprint density at radius 3 is 2.62 bits per heavy atom. The smallest absolute Gasteiger partial charge is 0.310 e. The van der Waals surface area contributed by atoms with Crippen LogP contribution in [0, 0.1) is 9.49 Å². The van der Waals surface area contributed by atoms with Gasteiger partial charge in [-0.2, -0.15) is 0 Å². The molecule has 1 amide bonds. The Bertz CT molecular complexity index is 441. The number of nitrogens with zero attached hydrogens (tertiary/aromatic N) is 1. The largest absolute Gasteiger partial charge is 0.481 e. The van der Waals surface area contributed by atoms with Crippen molar-refractivity contribution in [2.24, 2.45) is 5.92 Å². The van der Waals surface area contributed by atoms with Crippen molar-refractivity contribution in [2.45, 2.75) is 0 Å². The molecule has 0 saturated carbocycles. The molecule has 0 unspecified atom stereocenters. The molecule has 1 N–H and O–H groups in total. The molecule has 0 bridgehead atoms. The Labute approximate surface area is 106 Å². The molecule has 0 spiro atoms. The lowest BCUT2D eigenvalue weighted by Gasteiger charge is -2.36. The summed E-state index contributed by atoms with van der Waals surface area (Å²) in [6.07, 6.45) is 0. The Morgan fingerprint density at radius 1 is 1.38 bits per heavy atom. The van der Waals surface area contributed by atoms with Crippen molar-refractivity contribution in [3.63, 3.8) is 0 Å². The van der Waals surface area contributed by atoms with Gasteiger partial charge in [0.25, 0.3) is 5.91 Å². The molecule has 1 saturated heterocycles. The van der Waals surface area contributed by atoms with Crippen LogP contribution in [0.1, 0.15) is 10.4 Å². The van der Waals surface area contributed by atoms with Gasteiger partial charge in [-0.1, -0.05) is 6.07 Å². The van der Waals surface area contributed by atoms with E-state index in [1.54, 1.807) is 17.0 Å². The third-order valence-corrected chi connectivity index (χ3v) is 3.26. The summed E-state index contributed by atoms with van der Waals surface area (Å²) in [5.74, 6) is -1.31. The lowest BCUT2D eigenvalue weighted by Crippen LogP contribution is -2.53. The van der Waals surface area contributed by atoms with E-state index in [-0.39, 0.29) is 5.91 Å². The van der Waals surface area contributed by atoms with E-state index in [1.807, 2.05) is 12.1 Å². The topological polar surface area (TPSA) is 57.6 Å². The van der Waals surface area contributed by atoms with Crippen LogP contribution in [-0.2, 0) is 4.79 Å². The number of carboxylic acid groups (broad SMARTS) is 1. The molecule has 1 aromatic carbocycles. The van der Waals surface area contributed by atoms with Crippen molar-refractivity contribution in [2.75, 3.05) is 13.1 Å². The first kappa shape index (κ1) is 11.4. The summed E-state index contributed by atoms with van der Waals surface area (Å²) < 4.78 is 0.999. The summed E-state index contributed by atoms with van der Waals surface area (Å²) in [7, 11) is 0. The molecule has 1 aromatic rings. The highest BCUT2D eigenvalue weighted by Gasteiger charge is 2.35. The molecule has 4 nitrogen and oxygen atoms in total. The van der Waals surface area contributed by atoms with Gasteiger partial charge in [0, 0.05) is 22.2 Å². The zero-order chi connectivity index (χ0) is 11.7. The average molecular weight is 331 g/mol. The summed E-state index contributed by atoms with van der Waals surface area (Å²) in [6.45, 7) is 0.638. The fourth-order valence-electron chi connectivity index (χ4n) is 1.60. The molecule has 1 heterocycles. The second kappa shape index (κ2) is 4.40. The molecular weight excluding hydrogens is 321 g/mol. The number of carbonyl (C=O) groups is 2. The minimum absolute atomic E-state index is 0.0870. The first-order chi connectivity index (χ1) is 7.58. The van der Waals surface area contributed by atoms with Gasteiger partial charge in [0.2, 0.25) is 0 Å². The van der Waals surface area contributed by atoms with Crippen molar-refractivity contribution in [3.8, 4) is 0 Å². The molecule has 5 heteroatoms. The van der Waals surface area contributed by atoms with Gasteiger partial charge in [0.05, 0.1) is 5.92 Å². The van der Waals surface area contributed by atoms with Gasteiger partial charge in [-0.15, -0.1) is 0 Å². The second-order valence-electron chi connectivity index (χ2n) is 3.76. The summed E-state index contributed by atoms with van der Waals surface area (Å²) in [5, 5.41) is 8.71. The number of carbonyl (C=O) groups excluding carboxylic acids is 1. The SMILES string of the molecule is O=C(O)C1CN(C(=O)c2cccc(I)c2)C1. The molecule has 1 fully saturated rings. The van der Waals surface area contributed by atoms with Crippen molar-refractivity contribution < 1.29 is 14.7 Å². The van der Waals surface area contributed by atoms with Gasteiger partial charge >= 0.3 is 5.97 Å². The molecule has 0 aliphatic carbocycles. The van der Waals surface area contributed by atoms with Gasteiger partial charge < -0.3 is 10.0 Å². The Kier molecular flexibility index (Phi) is 3.13. The highest BCUT2D eigenvalue weighted by molar-refractivity contribution is 14.1. The van der Waals surface area contributed by atoms with E-state index < -0.39 is 11.9 Å². The van der Waals surface area contributed by atoms with E-state index in [4.69, 9.17) is 5.11 Å². The molecule has 16 heavy (non-hydrogen) atoms. The van der Waals surface area contributed by atoms with E-state index in [0.717, 1.165) is 3.57 Å². The van der Waals surface area contributed by atoms with Crippen LogP contribution in [0.15, 0.2) is 24.3 Å². The van der Waals surface area contributed by atoms with Crippen LogP contribution in [0.5, 0.6) is 0 Å². The summed E-state index contributed by atoms with van der Waals surface area (Å²) >= 11 is 2.14. The highest BCUT2D eigenvalue weighted by Crippen LogP contribution is 2.19. The van der Waals surface area contributed by atoms with E-state index in [9.17, 15) is 9.59 Å². The quantitative estimate of drug-likeness (QED) is 0.835. The first-order valence-corrected chi connectivity index (χ1v) is 5.93. The van der Waals surface area contributed by atoms with Crippen LogP contribution >= 0.6 is 22.6 Å². The molecule has 84 valence electrons. The monoisotopic (exact) mass is 331 g/mol. The molecule has 1 aliphatic heterocycles. The standard InChI is InChI=1S/C11H10INO3/c12-9-3-1-2-7(4-9)10(14)13-5-8(6-13)11(15)16/h1-4,8H,5-6H2,(H,15,16).